The highest BCUT2D eigenvalue weighted by Gasteiger charge is 2.64. The van der Waals surface area contributed by atoms with Crippen LogP contribution in [0.4, 0.5) is 19.0 Å². The van der Waals surface area contributed by atoms with Gasteiger partial charge in [0.1, 0.15) is 11.4 Å². The minimum atomic E-state index is -4.43. The Labute approximate surface area is 101 Å². The molecule has 0 saturated heterocycles. The number of carbonyl (C=O) groups excluding carboxylic acids is 1. The molecule has 98 valence electrons. The van der Waals surface area contributed by atoms with Crippen LogP contribution >= 0.6 is 0 Å². The number of anilines is 1. The number of amides is 1. The molecule has 18 heavy (non-hydrogen) atoms. The van der Waals surface area contributed by atoms with Gasteiger partial charge >= 0.3 is 6.18 Å². The molecule has 5 nitrogen and oxygen atoms in total. The van der Waals surface area contributed by atoms with Gasteiger partial charge in [0, 0.05) is 7.05 Å². The lowest BCUT2D eigenvalue weighted by Crippen LogP contribution is -2.48. The van der Waals surface area contributed by atoms with Gasteiger partial charge in [-0.2, -0.15) is 13.2 Å². The lowest BCUT2D eigenvalue weighted by Gasteiger charge is -2.20. The third-order valence-corrected chi connectivity index (χ3v) is 2.80. The van der Waals surface area contributed by atoms with E-state index in [1.54, 1.807) is 7.05 Å². The van der Waals surface area contributed by atoms with Crippen molar-refractivity contribution < 1.29 is 18.0 Å². The summed E-state index contributed by atoms with van der Waals surface area (Å²) in [6.07, 6.45) is -4.62. The highest BCUT2D eigenvalue weighted by atomic mass is 19.4. The monoisotopic (exact) mass is 260 g/mol. The summed E-state index contributed by atoms with van der Waals surface area (Å²) in [5.41, 5.74) is -2.21. The van der Waals surface area contributed by atoms with E-state index in [9.17, 15) is 18.0 Å². The van der Waals surface area contributed by atoms with Crippen LogP contribution in [0.15, 0.2) is 12.1 Å². The molecule has 1 aliphatic rings. The van der Waals surface area contributed by atoms with Gasteiger partial charge in [-0.1, -0.05) is 0 Å². The molecule has 0 aromatic carbocycles. The largest absolute Gasteiger partial charge is 0.411 e. The summed E-state index contributed by atoms with van der Waals surface area (Å²) >= 11 is 0. The van der Waals surface area contributed by atoms with Crippen molar-refractivity contribution >= 4 is 11.7 Å². The molecule has 8 heteroatoms. The highest BCUT2D eigenvalue weighted by molar-refractivity contribution is 5.93. The number of aromatic nitrogens is 2. The second-order valence-electron chi connectivity index (χ2n) is 4.09. The molecule has 0 radical (unpaired) electrons. The van der Waals surface area contributed by atoms with Crippen LogP contribution in [0.3, 0.4) is 0 Å². The van der Waals surface area contributed by atoms with Gasteiger partial charge in [-0.3, -0.25) is 4.79 Å². The first-order valence-corrected chi connectivity index (χ1v) is 5.29. The van der Waals surface area contributed by atoms with Gasteiger partial charge in [0.05, 0.1) is 0 Å². The zero-order valence-corrected chi connectivity index (χ0v) is 9.51. The van der Waals surface area contributed by atoms with Crippen molar-refractivity contribution in [2.45, 2.75) is 24.6 Å². The molecule has 1 heterocycles. The fraction of sp³-hybridized carbons (Fsp3) is 0.500. The topological polar surface area (TPSA) is 66.9 Å². The number of hydrogen-bond donors (Lipinski definition) is 2. The van der Waals surface area contributed by atoms with Crippen molar-refractivity contribution in [3.05, 3.63) is 17.8 Å². The lowest BCUT2D eigenvalue weighted by molar-refractivity contribution is -0.163. The third kappa shape index (κ3) is 2.22. The molecular weight excluding hydrogens is 249 g/mol. The van der Waals surface area contributed by atoms with Crippen LogP contribution in [0, 0.1) is 0 Å². The predicted molar refractivity (Wildman–Crippen MR) is 57.1 cm³/mol. The molecule has 1 amide bonds. The molecule has 1 aromatic rings. The molecule has 1 saturated carbocycles. The second-order valence-corrected chi connectivity index (χ2v) is 4.09. The van der Waals surface area contributed by atoms with E-state index in [4.69, 9.17) is 0 Å². The van der Waals surface area contributed by atoms with Gasteiger partial charge in [0.2, 0.25) is 0 Å². The lowest BCUT2D eigenvalue weighted by atomic mass is 10.2. The van der Waals surface area contributed by atoms with E-state index >= 15 is 0 Å². The van der Waals surface area contributed by atoms with E-state index in [-0.39, 0.29) is 18.5 Å². The number of alkyl halides is 3. The van der Waals surface area contributed by atoms with Crippen LogP contribution in [0.25, 0.3) is 0 Å². The standard InChI is InChI=1S/C10H11F3N4O/c1-14-7-3-2-6(16-17-7)8(18)15-9(4-5-9)10(11,12)13/h2-3H,4-5H2,1H3,(H,14,17)(H,15,18). The Morgan fingerprint density at radius 3 is 2.39 bits per heavy atom. The van der Waals surface area contributed by atoms with Crippen molar-refractivity contribution in [1.29, 1.82) is 0 Å². The number of nitrogens with one attached hydrogen (secondary N) is 2. The SMILES string of the molecule is CNc1ccc(C(=O)NC2(C(F)(F)F)CC2)nn1. The molecule has 1 aliphatic carbocycles. The summed E-state index contributed by atoms with van der Waals surface area (Å²) in [5.74, 6) is -0.427. The van der Waals surface area contributed by atoms with Crippen molar-refractivity contribution in [1.82, 2.24) is 15.5 Å². The van der Waals surface area contributed by atoms with Gasteiger partial charge in [-0.25, -0.2) is 0 Å². The van der Waals surface area contributed by atoms with Gasteiger partial charge < -0.3 is 10.6 Å². The Morgan fingerprint density at radius 1 is 1.33 bits per heavy atom. The normalized spacial score (nSPS) is 17.1. The fourth-order valence-electron chi connectivity index (χ4n) is 1.47. The van der Waals surface area contributed by atoms with Gasteiger partial charge in [-0.15, -0.1) is 10.2 Å². The van der Waals surface area contributed by atoms with Gasteiger partial charge in [0.15, 0.2) is 5.69 Å². The number of hydrogen-bond acceptors (Lipinski definition) is 4. The van der Waals surface area contributed by atoms with E-state index in [0.29, 0.717) is 5.82 Å². The number of carbonyl (C=O) groups is 1. The maximum absolute atomic E-state index is 12.6. The number of rotatable bonds is 3. The average Bonchev–Trinajstić information content (AvgIpc) is 3.09. The maximum atomic E-state index is 12.6. The van der Waals surface area contributed by atoms with Crippen molar-refractivity contribution in [3.8, 4) is 0 Å². The number of nitrogens with zero attached hydrogens (tertiary/aromatic N) is 2. The van der Waals surface area contributed by atoms with Crippen molar-refractivity contribution in [2.75, 3.05) is 12.4 Å². The molecule has 1 aromatic heterocycles. The van der Waals surface area contributed by atoms with Gasteiger partial charge in [0.25, 0.3) is 5.91 Å². The Bertz CT molecular complexity index is 453. The first-order valence-electron chi connectivity index (χ1n) is 5.29. The molecule has 1 fully saturated rings. The Morgan fingerprint density at radius 2 is 2.00 bits per heavy atom. The second kappa shape index (κ2) is 4.11. The third-order valence-electron chi connectivity index (χ3n) is 2.80. The van der Waals surface area contributed by atoms with Crippen LogP contribution in [0.1, 0.15) is 23.3 Å². The van der Waals surface area contributed by atoms with Crippen LogP contribution in [0.5, 0.6) is 0 Å². The maximum Gasteiger partial charge on any atom is 0.411 e. The Kier molecular flexibility index (Phi) is 2.88. The van der Waals surface area contributed by atoms with Crippen LogP contribution < -0.4 is 10.6 Å². The molecule has 0 unspecified atom stereocenters. The van der Waals surface area contributed by atoms with Crippen LogP contribution in [-0.4, -0.2) is 34.9 Å². The van der Waals surface area contributed by atoms with E-state index < -0.39 is 17.6 Å². The van der Waals surface area contributed by atoms with E-state index in [0.717, 1.165) is 0 Å². The summed E-state index contributed by atoms with van der Waals surface area (Å²) < 4.78 is 37.9. The van der Waals surface area contributed by atoms with E-state index in [1.165, 1.54) is 12.1 Å². The van der Waals surface area contributed by atoms with Gasteiger partial charge in [-0.05, 0) is 25.0 Å². The fourth-order valence-corrected chi connectivity index (χ4v) is 1.47. The molecular formula is C10H11F3N4O. The highest BCUT2D eigenvalue weighted by Crippen LogP contribution is 2.48. The first-order chi connectivity index (χ1) is 8.38. The minimum Gasteiger partial charge on any atom is -0.372 e. The summed E-state index contributed by atoms with van der Waals surface area (Å²) in [6.45, 7) is 0. The minimum absolute atomic E-state index is 0.0930. The summed E-state index contributed by atoms with van der Waals surface area (Å²) in [5, 5.41) is 11.8. The molecule has 2 rings (SSSR count). The molecule has 0 bridgehead atoms. The summed E-state index contributed by atoms with van der Waals surface area (Å²) in [6, 6.07) is 2.79. The smallest absolute Gasteiger partial charge is 0.372 e. The Hall–Kier alpha value is -1.86. The summed E-state index contributed by atoms with van der Waals surface area (Å²) in [4.78, 5) is 11.6. The summed E-state index contributed by atoms with van der Waals surface area (Å²) in [7, 11) is 1.62. The first kappa shape index (κ1) is 12.6. The van der Waals surface area contributed by atoms with E-state index in [1.807, 2.05) is 5.32 Å². The molecule has 0 spiro atoms. The van der Waals surface area contributed by atoms with Crippen LogP contribution in [-0.2, 0) is 0 Å². The van der Waals surface area contributed by atoms with Crippen molar-refractivity contribution in [2.24, 2.45) is 0 Å². The number of halogens is 3. The Balaban J connectivity index is 2.08. The zero-order valence-electron chi connectivity index (χ0n) is 9.51. The quantitative estimate of drug-likeness (QED) is 0.860. The average molecular weight is 260 g/mol. The van der Waals surface area contributed by atoms with Crippen molar-refractivity contribution in [3.63, 3.8) is 0 Å². The van der Waals surface area contributed by atoms with E-state index in [2.05, 4.69) is 15.5 Å². The predicted octanol–water partition coefficient (Wildman–Crippen LogP) is 1.34. The van der Waals surface area contributed by atoms with Crippen LogP contribution in [0.2, 0.25) is 0 Å². The molecule has 2 N–H and O–H groups in total. The molecule has 0 atom stereocenters. The molecule has 0 aliphatic heterocycles. The zero-order chi connectivity index (χ0) is 13.4.